The summed E-state index contributed by atoms with van der Waals surface area (Å²) in [4.78, 5) is 0. The van der Waals surface area contributed by atoms with Crippen LogP contribution < -0.4 is 5.73 Å². The Balaban J connectivity index is 2.30. The molecule has 1 saturated carbocycles. The zero-order chi connectivity index (χ0) is 14.3. The van der Waals surface area contributed by atoms with Gasteiger partial charge in [-0.15, -0.1) is 0 Å². The average Bonchev–Trinajstić information content (AvgIpc) is 2.95. The first kappa shape index (κ1) is 14.4. The third-order valence-corrected chi connectivity index (χ3v) is 5.18. The van der Waals surface area contributed by atoms with Gasteiger partial charge in [0, 0.05) is 18.8 Å². The molecule has 6 heteroatoms. The number of ether oxygens (including phenoxy) is 1. The lowest BCUT2D eigenvalue weighted by Gasteiger charge is -2.11. The Morgan fingerprint density at radius 1 is 1.37 bits per heavy atom. The van der Waals surface area contributed by atoms with E-state index in [1.54, 1.807) is 12.1 Å². The molecule has 4 nitrogen and oxygen atoms in total. The molecule has 0 heterocycles. The number of hydrogen-bond acceptors (Lipinski definition) is 4. The van der Waals surface area contributed by atoms with Gasteiger partial charge in [-0.25, -0.2) is 12.8 Å². The van der Waals surface area contributed by atoms with Gasteiger partial charge in [-0.2, -0.15) is 0 Å². The molecule has 0 saturated heterocycles. The molecule has 1 aliphatic rings. The van der Waals surface area contributed by atoms with Gasteiger partial charge < -0.3 is 10.5 Å². The van der Waals surface area contributed by atoms with Crippen molar-refractivity contribution >= 4 is 9.84 Å². The number of sulfone groups is 1. The van der Waals surface area contributed by atoms with Gasteiger partial charge in [0.2, 0.25) is 0 Å². The summed E-state index contributed by atoms with van der Waals surface area (Å²) in [5, 5.41) is -0.669. The fourth-order valence-corrected chi connectivity index (χ4v) is 4.51. The smallest absolute Gasteiger partial charge is 0.152 e. The van der Waals surface area contributed by atoms with Crippen molar-refractivity contribution in [2.75, 3.05) is 19.5 Å². The molecule has 0 aromatic heterocycles. The van der Waals surface area contributed by atoms with Crippen LogP contribution in [0, 0.1) is 5.82 Å². The molecule has 19 heavy (non-hydrogen) atoms. The van der Waals surface area contributed by atoms with Crippen LogP contribution in [0.4, 0.5) is 4.39 Å². The fraction of sp³-hybridized carbons (Fsp3) is 0.538. The maximum atomic E-state index is 12.9. The summed E-state index contributed by atoms with van der Waals surface area (Å²) in [6, 6.07) is 5.79. The van der Waals surface area contributed by atoms with Crippen molar-refractivity contribution in [3.63, 3.8) is 0 Å². The van der Waals surface area contributed by atoms with Crippen molar-refractivity contribution in [1.29, 1.82) is 0 Å². The quantitative estimate of drug-likeness (QED) is 0.879. The molecule has 0 unspecified atom stereocenters. The molecular weight excluding hydrogens is 269 g/mol. The normalized spacial score (nSPS) is 30.3. The van der Waals surface area contributed by atoms with Gasteiger partial charge in [-0.05, 0) is 24.6 Å². The molecule has 1 aliphatic carbocycles. The van der Waals surface area contributed by atoms with E-state index in [9.17, 15) is 12.8 Å². The third kappa shape index (κ3) is 2.66. The Kier molecular flexibility index (Phi) is 3.68. The van der Waals surface area contributed by atoms with Crippen LogP contribution in [-0.4, -0.2) is 38.7 Å². The molecule has 2 N–H and O–H groups in total. The van der Waals surface area contributed by atoms with Crippen molar-refractivity contribution < 1.29 is 17.5 Å². The molecule has 106 valence electrons. The highest BCUT2D eigenvalue weighted by Gasteiger charge is 2.68. The molecule has 3 atom stereocenters. The Morgan fingerprint density at radius 3 is 2.42 bits per heavy atom. The second-order valence-electron chi connectivity index (χ2n) is 5.03. The van der Waals surface area contributed by atoms with Crippen LogP contribution in [0.1, 0.15) is 18.4 Å². The van der Waals surface area contributed by atoms with Crippen LogP contribution in [0.25, 0.3) is 0 Å². The second-order valence-corrected chi connectivity index (χ2v) is 7.20. The maximum absolute atomic E-state index is 12.9. The van der Waals surface area contributed by atoms with E-state index in [4.69, 9.17) is 10.5 Å². The summed E-state index contributed by atoms with van der Waals surface area (Å²) in [7, 11) is -3.27. The maximum Gasteiger partial charge on any atom is 0.152 e. The molecule has 0 aliphatic heterocycles. The highest BCUT2D eigenvalue weighted by atomic mass is 32.2. The summed E-state index contributed by atoms with van der Waals surface area (Å²) in [6.45, 7) is 2.49. The van der Waals surface area contributed by atoms with Crippen molar-refractivity contribution in [2.45, 2.75) is 23.6 Å². The lowest BCUT2D eigenvalue weighted by Crippen LogP contribution is -2.36. The average molecular weight is 287 g/mol. The third-order valence-electron chi connectivity index (χ3n) is 3.55. The highest BCUT2D eigenvalue weighted by Crippen LogP contribution is 2.53. The molecular formula is C13H18FNO3S. The lowest BCUT2D eigenvalue weighted by atomic mass is 10.1. The van der Waals surface area contributed by atoms with Crippen LogP contribution in [0.5, 0.6) is 0 Å². The number of hydrogen-bond donors (Lipinski definition) is 1. The van der Waals surface area contributed by atoms with E-state index < -0.39 is 20.6 Å². The predicted octanol–water partition coefficient (Wildman–Crippen LogP) is 1.07. The number of nitrogens with two attached hydrogens (primary N) is 1. The fourth-order valence-electron chi connectivity index (χ4n) is 2.67. The molecule has 0 spiro atoms. The van der Waals surface area contributed by atoms with Gasteiger partial charge in [-0.3, -0.25) is 0 Å². The summed E-state index contributed by atoms with van der Waals surface area (Å²) in [5.74, 6) is -0.692. The molecule has 0 amide bonds. The minimum atomic E-state index is -3.27. The van der Waals surface area contributed by atoms with E-state index in [1.165, 1.54) is 18.4 Å². The minimum absolute atomic E-state index is 0.184. The topological polar surface area (TPSA) is 69.4 Å². The summed E-state index contributed by atoms with van der Waals surface area (Å²) < 4.78 is 41.8. The standard InChI is InChI=1S/C13H18FNO3S/c1-3-18-8-13(15)11(12(13)19(2,16)17)9-4-6-10(14)7-5-9/h4-7,11-12H,3,8,15H2,1-2H3/t11-,12+,13-/m1/s1. The van der Waals surface area contributed by atoms with Crippen molar-refractivity contribution in [3.05, 3.63) is 35.6 Å². The van der Waals surface area contributed by atoms with Crippen molar-refractivity contribution in [2.24, 2.45) is 5.73 Å². The zero-order valence-electron chi connectivity index (χ0n) is 11.0. The van der Waals surface area contributed by atoms with Gasteiger partial charge in [0.05, 0.1) is 17.4 Å². The van der Waals surface area contributed by atoms with Crippen LogP contribution in [0.3, 0.4) is 0 Å². The van der Waals surface area contributed by atoms with E-state index in [0.29, 0.717) is 6.61 Å². The zero-order valence-corrected chi connectivity index (χ0v) is 11.8. The van der Waals surface area contributed by atoms with E-state index in [0.717, 1.165) is 5.56 Å². The minimum Gasteiger partial charge on any atom is -0.380 e. The van der Waals surface area contributed by atoms with Crippen LogP contribution in [-0.2, 0) is 14.6 Å². The molecule has 2 rings (SSSR count). The van der Waals surface area contributed by atoms with E-state index >= 15 is 0 Å². The summed E-state index contributed by atoms with van der Waals surface area (Å²) >= 11 is 0. The van der Waals surface area contributed by atoms with Crippen molar-refractivity contribution in [1.82, 2.24) is 0 Å². The van der Waals surface area contributed by atoms with Gasteiger partial charge in [-0.1, -0.05) is 12.1 Å². The van der Waals surface area contributed by atoms with Crippen LogP contribution in [0.2, 0.25) is 0 Å². The SMILES string of the molecule is CCOC[C@@]1(N)[C@H](c2ccc(F)cc2)[C@@H]1S(C)(=O)=O. The van der Waals surface area contributed by atoms with E-state index in [1.807, 2.05) is 6.92 Å². The van der Waals surface area contributed by atoms with E-state index in [2.05, 4.69) is 0 Å². The van der Waals surface area contributed by atoms with Gasteiger partial charge in [0.25, 0.3) is 0 Å². The van der Waals surface area contributed by atoms with Gasteiger partial charge in [0.1, 0.15) is 5.82 Å². The van der Waals surface area contributed by atoms with Gasteiger partial charge >= 0.3 is 0 Å². The predicted molar refractivity (Wildman–Crippen MR) is 71.2 cm³/mol. The molecule has 0 bridgehead atoms. The first-order valence-electron chi connectivity index (χ1n) is 6.11. The summed E-state index contributed by atoms with van der Waals surface area (Å²) in [5.41, 5.74) is 6.00. The van der Waals surface area contributed by atoms with Gasteiger partial charge in [0.15, 0.2) is 9.84 Å². The molecule has 1 fully saturated rings. The Hall–Kier alpha value is -0.980. The second kappa shape index (κ2) is 4.85. The number of rotatable bonds is 5. The summed E-state index contributed by atoms with van der Waals surface area (Å²) in [6.07, 6.45) is 1.18. The molecule has 1 aromatic rings. The van der Waals surface area contributed by atoms with Crippen LogP contribution in [0.15, 0.2) is 24.3 Å². The molecule has 0 radical (unpaired) electrons. The Morgan fingerprint density at radius 2 is 1.95 bits per heavy atom. The highest BCUT2D eigenvalue weighted by molar-refractivity contribution is 7.91. The lowest BCUT2D eigenvalue weighted by molar-refractivity contribution is 0.125. The monoisotopic (exact) mass is 287 g/mol. The van der Waals surface area contributed by atoms with Crippen LogP contribution >= 0.6 is 0 Å². The van der Waals surface area contributed by atoms with Crippen molar-refractivity contribution in [3.8, 4) is 0 Å². The number of benzene rings is 1. The Bertz CT molecular complexity index is 558. The molecule has 1 aromatic carbocycles. The number of halogens is 1. The first-order chi connectivity index (χ1) is 8.80. The van der Waals surface area contributed by atoms with E-state index in [-0.39, 0.29) is 18.3 Å². The largest absolute Gasteiger partial charge is 0.380 e. The Labute approximate surface area is 112 Å². The first-order valence-corrected chi connectivity index (χ1v) is 8.07.